The van der Waals surface area contributed by atoms with Gasteiger partial charge in [0.15, 0.2) is 0 Å². The summed E-state index contributed by atoms with van der Waals surface area (Å²) in [5.74, 6) is 0.744. The topological polar surface area (TPSA) is 77.1 Å². The van der Waals surface area contributed by atoms with E-state index < -0.39 is 5.97 Å². The Bertz CT molecular complexity index is 852. The van der Waals surface area contributed by atoms with Crippen LogP contribution in [-0.2, 0) is 4.74 Å². The number of ether oxygens (including phenoxy) is 3. The van der Waals surface area contributed by atoms with Crippen LogP contribution in [0.2, 0.25) is 0 Å². The van der Waals surface area contributed by atoms with E-state index in [0.717, 1.165) is 17.7 Å². The van der Waals surface area contributed by atoms with Crippen LogP contribution in [0.5, 0.6) is 11.5 Å². The quantitative estimate of drug-likeness (QED) is 0.816. The predicted octanol–water partition coefficient (Wildman–Crippen LogP) is 3.47. The SMILES string of the molecule is COC(=O)c1ccc(OC)c(NC(=O)N2CC[C@H]2c2cccc(OC)c2)c1. The van der Waals surface area contributed by atoms with Crippen molar-refractivity contribution >= 4 is 17.7 Å². The molecule has 1 aliphatic rings. The van der Waals surface area contributed by atoms with Gasteiger partial charge in [0, 0.05) is 6.54 Å². The standard InChI is InChI=1S/C20H22N2O5/c1-25-15-6-4-5-13(11-15)17-9-10-22(17)20(24)21-16-12-14(19(23)27-3)7-8-18(16)26-2/h4-8,11-12,17H,9-10H2,1-3H3,(H,21,24)/t17-/m0/s1. The zero-order chi connectivity index (χ0) is 19.4. The molecule has 7 nitrogen and oxygen atoms in total. The second-order valence-electron chi connectivity index (χ2n) is 6.11. The number of esters is 1. The number of carbonyl (C=O) groups is 2. The lowest BCUT2D eigenvalue weighted by molar-refractivity contribution is 0.0600. The molecule has 0 bridgehead atoms. The van der Waals surface area contributed by atoms with Crippen molar-refractivity contribution in [1.82, 2.24) is 4.90 Å². The molecule has 1 aliphatic heterocycles. The monoisotopic (exact) mass is 370 g/mol. The molecule has 27 heavy (non-hydrogen) atoms. The summed E-state index contributed by atoms with van der Waals surface area (Å²) in [4.78, 5) is 26.3. The molecule has 0 saturated carbocycles. The molecule has 0 aromatic heterocycles. The second-order valence-corrected chi connectivity index (χ2v) is 6.11. The van der Waals surface area contributed by atoms with Crippen molar-refractivity contribution in [3.63, 3.8) is 0 Å². The van der Waals surface area contributed by atoms with Crippen molar-refractivity contribution in [1.29, 1.82) is 0 Å². The van der Waals surface area contributed by atoms with Gasteiger partial charge in [0.05, 0.1) is 38.6 Å². The molecule has 1 saturated heterocycles. The van der Waals surface area contributed by atoms with Crippen molar-refractivity contribution < 1.29 is 23.8 Å². The average Bonchev–Trinajstić information content (AvgIpc) is 2.66. The minimum atomic E-state index is -0.480. The van der Waals surface area contributed by atoms with Gasteiger partial charge < -0.3 is 24.4 Å². The molecule has 0 unspecified atom stereocenters. The van der Waals surface area contributed by atoms with Crippen LogP contribution in [0.4, 0.5) is 10.5 Å². The molecule has 1 heterocycles. The van der Waals surface area contributed by atoms with Crippen molar-refractivity contribution in [2.24, 2.45) is 0 Å². The molecule has 1 fully saturated rings. The lowest BCUT2D eigenvalue weighted by Crippen LogP contribution is -2.47. The molecule has 0 radical (unpaired) electrons. The molecule has 0 spiro atoms. The lowest BCUT2D eigenvalue weighted by atomic mass is 9.95. The van der Waals surface area contributed by atoms with Crippen LogP contribution >= 0.6 is 0 Å². The maximum Gasteiger partial charge on any atom is 0.337 e. The number of nitrogens with one attached hydrogen (secondary N) is 1. The summed E-state index contributed by atoms with van der Waals surface area (Å²) in [7, 11) is 4.43. The number of nitrogens with zero attached hydrogens (tertiary/aromatic N) is 1. The molecule has 2 aromatic carbocycles. The Labute approximate surface area is 157 Å². The minimum absolute atomic E-state index is 0.0186. The number of hydrogen-bond acceptors (Lipinski definition) is 5. The van der Waals surface area contributed by atoms with E-state index in [1.54, 1.807) is 30.2 Å². The number of methoxy groups -OCH3 is 3. The van der Waals surface area contributed by atoms with Gasteiger partial charge in [-0.1, -0.05) is 12.1 Å². The zero-order valence-corrected chi connectivity index (χ0v) is 15.5. The van der Waals surface area contributed by atoms with E-state index in [4.69, 9.17) is 14.2 Å². The van der Waals surface area contributed by atoms with E-state index in [1.807, 2.05) is 24.3 Å². The Morgan fingerprint density at radius 1 is 1.07 bits per heavy atom. The number of urea groups is 1. The number of hydrogen-bond donors (Lipinski definition) is 1. The first-order chi connectivity index (χ1) is 13.1. The Balaban J connectivity index is 1.77. The van der Waals surface area contributed by atoms with Crippen LogP contribution in [0.25, 0.3) is 0 Å². The largest absolute Gasteiger partial charge is 0.497 e. The highest BCUT2D eigenvalue weighted by Gasteiger charge is 2.34. The highest BCUT2D eigenvalue weighted by atomic mass is 16.5. The average molecular weight is 370 g/mol. The summed E-state index contributed by atoms with van der Waals surface area (Å²) in [6.45, 7) is 0.646. The zero-order valence-electron chi connectivity index (χ0n) is 15.5. The molecule has 1 atom stereocenters. The van der Waals surface area contributed by atoms with Gasteiger partial charge in [-0.15, -0.1) is 0 Å². The Hall–Kier alpha value is -3.22. The number of benzene rings is 2. The maximum atomic E-state index is 12.8. The van der Waals surface area contributed by atoms with Gasteiger partial charge in [0.2, 0.25) is 0 Å². The molecule has 7 heteroatoms. The predicted molar refractivity (Wildman–Crippen MR) is 100 cm³/mol. The van der Waals surface area contributed by atoms with Gasteiger partial charge in [-0.3, -0.25) is 0 Å². The Morgan fingerprint density at radius 2 is 1.89 bits per heavy atom. The van der Waals surface area contributed by atoms with Gasteiger partial charge in [-0.2, -0.15) is 0 Å². The lowest BCUT2D eigenvalue weighted by Gasteiger charge is -2.41. The number of anilines is 1. The number of likely N-dealkylation sites (tertiary alicyclic amines) is 1. The molecule has 2 aromatic rings. The minimum Gasteiger partial charge on any atom is -0.497 e. The van der Waals surface area contributed by atoms with E-state index >= 15 is 0 Å². The van der Waals surface area contributed by atoms with E-state index in [9.17, 15) is 9.59 Å². The van der Waals surface area contributed by atoms with Crippen LogP contribution in [0.15, 0.2) is 42.5 Å². The molecule has 0 aliphatic carbocycles. The normalized spacial score (nSPS) is 15.5. The molecular weight excluding hydrogens is 348 g/mol. The van der Waals surface area contributed by atoms with Gasteiger partial charge in [-0.25, -0.2) is 9.59 Å². The maximum absolute atomic E-state index is 12.8. The van der Waals surface area contributed by atoms with E-state index in [0.29, 0.717) is 23.5 Å². The van der Waals surface area contributed by atoms with E-state index in [-0.39, 0.29) is 12.1 Å². The summed E-state index contributed by atoms with van der Waals surface area (Å²) in [6, 6.07) is 12.2. The third-order valence-corrected chi connectivity index (χ3v) is 4.62. The van der Waals surface area contributed by atoms with Crippen molar-refractivity contribution in [2.45, 2.75) is 12.5 Å². The number of amides is 2. The van der Waals surface area contributed by atoms with Crippen LogP contribution in [0.3, 0.4) is 0 Å². The summed E-state index contributed by atoms with van der Waals surface area (Å²) >= 11 is 0. The van der Waals surface area contributed by atoms with Crippen LogP contribution in [0, 0.1) is 0 Å². The Morgan fingerprint density at radius 3 is 2.52 bits per heavy atom. The molecule has 142 valence electrons. The molecule has 3 rings (SSSR count). The smallest absolute Gasteiger partial charge is 0.337 e. The third-order valence-electron chi connectivity index (χ3n) is 4.62. The van der Waals surface area contributed by atoms with Gasteiger partial charge >= 0.3 is 12.0 Å². The fourth-order valence-corrected chi connectivity index (χ4v) is 3.06. The molecule has 1 N–H and O–H groups in total. The van der Waals surface area contributed by atoms with Crippen LogP contribution < -0.4 is 14.8 Å². The van der Waals surface area contributed by atoms with Gasteiger partial charge in [-0.05, 0) is 42.3 Å². The first-order valence-electron chi connectivity index (χ1n) is 8.55. The summed E-state index contributed by atoms with van der Waals surface area (Å²) in [5, 5.41) is 2.83. The van der Waals surface area contributed by atoms with Crippen LogP contribution in [0.1, 0.15) is 28.4 Å². The van der Waals surface area contributed by atoms with Crippen molar-refractivity contribution in [3.8, 4) is 11.5 Å². The van der Waals surface area contributed by atoms with Crippen molar-refractivity contribution in [2.75, 3.05) is 33.2 Å². The fraction of sp³-hybridized carbons (Fsp3) is 0.300. The summed E-state index contributed by atoms with van der Waals surface area (Å²) < 4.78 is 15.3. The first kappa shape index (κ1) is 18.6. The summed E-state index contributed by atoms with van der Waals surface area (Å²) in [6.07, 6.45) is 0.875. The highest BCUT2D eigenvalue weighted by Crippen LogP contribution is 2.36. The summed E-state index contributed by atoms with van der Waals surface area (Å²) in [5.41, 5.74) is 1.77. The van der Waals surface area contributed by atoms with Crippen molar-refractivity contribution in [3.05, 3.63) is 53.6 Å². The molecular formula is C20H22N2O5. The number of rotatable bonds is 5. The van der Waals surface area contributed by atoms with E-state index in [1.165, 1.54) is 14.2 Å². The Kier molecular flexibility index (Phi) is 5.49. The molecule has 2 amide bonds. The first-order valence-corrected chi connectivity index (χ1v) is 8.55. The van der Waals surface area contributed by atoms with Gasteiger partial charge in [0.25, 0.3) is 0 Å². The second kappa shape index (κ2) is 7.99. The third kappa shape index (κ3) is 3.81. The highest BCUT2D eigenvalue weighted by molar-refractivity contribution is 5.95. The fourth-order valence-electron chi connectivity index (χ4n) is 3.06. The van der Waals surface area contributed by atoms with Crippen LogP contribution in [-0.4, -0.2) is 44.8 Å². The number of carbonyl (C=O) groups excluding carboxylic acids is 2. The van der Waals surface area contributed by atoms with Gasteiger partial charge in [0.1, 0.15) is 11.5 Å². The van der Waals surface area contributed by atoms with E-state index in [2.05, 4.69) is 5.32 Å².